The standard InChI is InChI=1S/C14H21ClN2O/c1-14(18)7-4-8-17(10-14)13(9-16)11-5-2-3-6-12(11)15/h2-3,5-6,13,18H,4,7-10,16H2,1H3. The quantitative estimate of drug-likeness (QED) is 0.884. The second-order valence-corrected chi connectivity index (χ2v) is 5.75. The summed E-state index contributed by atoms with van der Waals surface area (Å²) in [6.45, 7) is 4.02. The Balaban J connectivity index is 2.21. The molecule has 0 aromatic heterocycles. The smallest absolute Gasteiger partial charge is 0.0746 e. The number of hydrogen-bond donors (Lipinski definition) is 2. The summed E-state index contributed by atoms with van der Waals surface area (Å²) in [4.78, 5) is 2.24. The van der Waals surface area contributed by atoms with Crippen LogP contribution in [0.4, 0.5) is 0 Å². The van der Waals surface area contributed by atoms with Gasteiger partial charge in [0.2, 0.25) is 0 Å². The summed E-state index contributed by atoms with van der Waals surface area (Å²) >= 11 is 6.24. The Morgan fingerprint density at radius 2 is 2.22 bits per heavy atom. The third kappa shape index (κ3) is 3.04. The van der Waals surface area contributed by atoms with Gasteiger partial charge in [0.1, 0.15) is 0 Å². The van der Waals surface area contributed by atoms with Crippen LogP contribution < -0.4 is 5.73 Å². The minimum atomic E-state index is -0.618. The van der Waals surface area contributed by atoms with Crippen molar-refractivity contribution in [2.24, 2.45) is 5.73 Å². The summed E-state index contributed by atoms with van der Waals surface area (Å²) in [6, 6.07) is 7.90. The second kappa shape index (κ2) is 5.57. The molecule has 0 saturated carbocycles. The molecule has 1 aromatic rings. The summed E-state index contributed by atoms with van der Waals surface area (Å²) in [5.41, 5.74) is 6.35. The molecule has 4 heteroatoms. The van der Waals surface area contributed by atoms with Crippen LogP contribution in [-0.4, -0.2) is 35.2 Å². The zero-order chi connectivity index (χ0) is 13.2. The van der Waals surface area contributed by atoms with Gasteiger partial charge in [-0.15, -0.1) is 0 Å². The minimum absolute atomic E-state index is 0.0884. The Morgan fingerprint density at radius 3 is 2.83 bits per heavy atom. The third-order valence-electron chi connectivity index (χ3n) is 3.63. The van der Waals surface area contributed by atoms with Gasteiger partial charge in [0, 0.05) is 24.2 Å². The molecule has 18 heavy (non-hydrogen) atoms. The van der Waals surface area contributed by atoms with Crippen molar-refractivity contribution in [3.63, 3.8) is 0 Å². The van der Waals surface area contributed by atoms with E-state index in [1.165, 1.54) is 0 Å². The Bertz CT molecular complexity index is 409. The number of aliphatic hydroxyl groups is 1. The fraction of sp³-hybridized carbons (Fsp3) is 0.571. The van der Waals surface area contributed by atoms with Gasteiger partial charge in [-0.25, -0.2) is 0 Å². The van der Waals surface area contributed by atoms with Crippen molar-refractivity contribution in [2.75, 3.05) is 19.6 Å². The number of hydrogen-bond acceptors (Lipinski definition) is 3. The molecule has 3 nitrogen and oxygen atoms in total. The second-order valence-electron chi connectivity index (χ2n) is 5.34. The first-order chi connectivity index (χ1) is 8.53. The molecule has 0 spiro atoms. The summed E-state index contributed by atoms with van der Waals surface area (Å²) in [5.74, 6) is 0. The van der Waals surface area contributed by atoms with E-state index in [9.17, 15) is 5.11 Å². The molecular formula is C14H21ClN2O. The maximum absolute atomic E-state index is 10.2. The van der Waals surface area contributed by atoms with Gasteiger partial charge in [0.05, 0.1) is 5.60 Å². The van der Waals surface area contributed by atoms with Crippen molar-refractivity contribution in [2.45, 2.75) is 31.4 Å². The lowest BCUT2D eigenvalue weighted by atomic mass is 9.92. The van der Waals surface area contributed by atoms with Crippen molar-refractivity contribution in [1.29, 1.82) is 0 Å². The lowest BCUT2D eigenvalue weighted by Gasteiger charge is -2.41. The van der Waals surface area contributed by atoms with E-state index in [1.54, 1.807) is 0 Å². The normalized spacial score (nSPS) is 27.1. The number of benzene rings is 1. The van der Waals surface area contributed by atoms with Gasteiger partial charge < -0.3 is 10.8 Å². The largest absolute Gasteiger partial charge is 0.389 e. The zero-order valence-corrected chi connectivity index (χ0v) is 11.5. The fourth-order valence-electron chi connectivity index (χ4n) is 2.74. The first-order valence-corrected chi connectivity index (χ1v) is 6.82. The number of nitrogens with two attached hydrogens (primary N) is 1. The lowest BCUT2D eigenvalue weighted by Crippen LogP contribution is -2.48. The molecule has 1 heterocycles. The highest BCUT2D eigenvalue weighted by Crippen LogP contribution is 2.31. The van der Waals surface area contributed by atoms with Crippen LogP contribution in [-0.2, 0) is 0 Å². The van der Waals surface area contributed by atoms with E-state index in [0.717, 1.165) is 30.0 Å². The molecule has 0 bridgehead atoms. The predicted molar refractivity (Wildman–Crippen MR) is 74.7 cm³/mol. The van der Waals surface area contributed by atoms with Gasteiger partial charge in [0.25, 0.3) is 0 Å². The van der Waals surface area contributed by atoms with Gasteiger partial charge >= 0.3 is 0 Å². The Hall–Kier alpha value is -0.610. The number of halogens is 1. The van der Waals surface area contributed by atoms with E-state index in [1.807, 2.05) is 31.2 Å². The SMILES string of the molecule is CC1(O)CCCN(C(CN)c2ccccc2Cl)C1. The average Bonchev–Trinajstić information content (AvgIpc) is 2.31. The van der Waals surface area contributed by atoms with Crippen molar-refractivity contribution in [3.8, 4) is 0 Å². The molecule has 1 aliphatic rings. The molecule has 0 amide bonds. The van der Waals surface area contributed by atoms with Crippen molar-refractivity contribution in [3.05, 3.63) is 34.9 Å². The van der Waals surface area contributed by atoms with Crippen LogP contribution in [0, 0.1) is 0 Å². The maximum atomic E-state index is 10.2. The van der Waals surface area contributed by atoms with Crippen LogP contribution >= 0.6 is 11.6 Å². The van der Waals surface area contributed by atoms with Gasteiger partial charge in [-0.1, -0.05) is 29.8 Å². The van der Waals surface area contributed by atoms with Crippen LogP contribution in [0.1, 0.15) is 31.4 Å². The van der Waals surface area contributed by atoms with Gasteiger partial charge in [-0.2, -0.15) is 0 Å². The monoisotopic (exact) mass is 268 g/mol. The molecule has 0 radical (unpaired) electrons. The molecule has 3 N–H and O–H groups in total. The number of piperidine rings is 1. The molecule has 2 atom stereocenters. The first-order valence-electron chi connectivity index (χ1n) is 6.44. The lowest BCUT2D eigenvalue weighted by molar-refractivity contribution is -0.0292. The highest BCUT2D eigenvalue weighted by Gasteiger charge is 2.32. The number of rotatable bonds is 3. The van der Waals surface area contributed by atoms with Gasteiger partial charge in [-0.05, 0) is 37.9 Å². The van der Waals surface area contributed by atoms with Crippen LogP contribution in [0.5, 0.6) is 0 Å². The van der Waals surface area contributed by atoms with Crippen LogP contribution in [0.2, 0.25) is 5.02 Å². The van der Waals surface area contributed by atoms with Crippen LogP contribution in [0.15, 0.2) is 24.3 Å². The minimum Gasteiger partial charge on any atom is -0.389 e. The molecular weight excluding hydrogens is 248 g/mol. The van der Waals surface area contributed by atoms with Crippen molar-refractivity contribution in [1.82, 2.24) is 4.90 Å². The molecule has 1 saturated heterocycles. The predicted octanol–water partition coefficient (Wildman–Crippen LogP) is 2.19. The molecule has 100 valence electrons. The van der Waals surface area contributed by atoms with E-state index < -0.39 is 5.60 Å². The first kappa shape index (κ1) is 13.8. The number of β-amino-alcohol motifs (C(OH)–C–C–N with tert-alkyl or cyclic N) is 1. The summed E-state index contributed by atoms with van der Waals surface area (Å²) in [6.07, 6.45) is 1.84. The fourth-order valence-corrected chi connectivity index (χ4v) is 3.00. The Kier molecular flexibility index (Phi) is 4.28. The van der Waals surface area contributed by atoms with E-state index in [2.05, 4.69) is 4.90 Å². The van der Waals surface area contributed by atoms with Gasteiger partial charge in [-0.3, -0.25) is 4.90 Å². The summed E-state index contributed by atoms with van der Waals surface area (Å²) in [5, 5.41) is 10.9. The Morgan fingerprint density at radius 1 is 1.50 bits per heavy atom. The van der Waals surface area contributed by atoms with E-state index >= 15 is 0 Å². The molecule has 1 aliphatic heterocycles. The number of nitrogens with zero attached hydrogens (tertiary/aromatic N) is 1. The van der Waals surface area contributed by atoms with E-state index in [-0.39, 0.29) is 6.04 Å². The molecule has 2 unspecified atom stereocenters. The highest BCUT2D eigenvalue weighted by molar-refractivity contribution is 6.31. The van der Waals surface area contributed by atoms with Gasteiger partial charge in [0.15, 0.2) is 0 Å². The molecule has 0 aliphatic carbocycles. The number of likely N-dealkylation sites (tertiary alicyclic amines) is 1. The van der Waals surface area contributed by atoms with E-state index in [4.69, 9.17) is 17.3 Å². The summed E-state index contributed by atoms with van der Waals surface area (Å²) in [7, 11) is 0. The molecule has 1 aromatic carbocycles. The van der Waals surface area contributed by atoms with Crippen molar-refractivity contribution >= 4 is 11.6 Å². The third-order valence-corrected chi connectivity index (χ3v) is 3.98. The van der Waals surface area contributed by atoms with E-state index in [0.29, 0.717) is 13.1 Å². The van der Waals surface area contributed by atoms with Crippen molar-refractivity contribution < 1.29 is 5.11 Å². The zero-order valence-electron chi connectivity index (χ0n) is 10.8. The average molecular weight is 269 g/mol. The maximum Gasteiger partial charge on any atom is 0.0746 e. The topological polar surface area (TPSA) is 49.5 Å². The van der Waals surface area contributed by atoms with Crippen LogP contribution in [0.3, 0.4) is 0 Å². The van der Waals surface area contributed by atoms with Crippen LogP contribution in [0.25, 0.3) is 0 Å². The molecule has 2 rings (SSSR count). The Labute approximate surface area is 114 Å². The molecule has 1 fully saturated rings. The highest BCUT2D eigenvalue weighted by atomic mass is 35.5. The summed E-state index contributed by atoms with van der Waals surface area (Å²) < 4.78 is 0.